The summed E-state index contributed by atoms with van der Waals surface area (Å²) in [5.74, 6) is 0.148. The Kier molecular flexibility index (Phi) is 2.67. The van der Waals surface area contributed by atoms with Gasteiger partial charge in [-0.1, -0.05) is 0 Å². The first kappa shape index (κ1) is 11.7. The van der Waals surface area contributed by atoms with Crippen LogP contribution in [0.1, 0.15) is 21.6 Å². The van der Waals surface area contributed by atoms with Crippen molar-refractivity contribution in [1.29, 1.82) is 5.26 Å². The number of rotatable bonds is 2. The second kappa shape index (κ2) is 4.35. The number of pyridine rings is 1. The molecule has 6 nitrogen and oxygen atoms in total. The number of carbonyl (C=O) groups excluding carboxylic acids is 2. The second-order valence-electron chi connectivity index (χ2n) is 4.65. The molecule has 1 aromatic rings. The Morgan fingerprint density at radius 3 is 3.00 bits per heavy atom. The molecule has 1 fully saturated rings. The Balaban J connectivity index is 1.99. The van der Waals surface area contributed by atoms with E-state index in [4.69, 9.17) is 10.00 Å². The average molecular weight is 257 g/mol. The number of fused-ring (bicyclic) bond motifs is 1. The Morgan fingerprint density at radius 2 is 2.32 bits per heavy atom. The van der Waals surface area contributed by atoms with Gasteiger partial charge >= 0.3 is 5.97 Å². The number of ether oxygens (including phenoxy) is 1. The van der Waals surface area contributed by atoms with Gasteiger partial charge in [-0.2, -0.15) is 5.26 Å². The van der Waals surface area contributed by atoms with E-state index in [0.717, 1.165) is 6.29 Å². The molecule has 1 saturated heterocycles. The number of esters is 1. The summed E-state index contributed by atoms with van der Waals surface area (Å²) in [6.07, 6.45) is 1.48. The lowest BCUT2D eigenvalue weighted by molar-refractivity contribution is -0.111. The van der Waals surface area contributed by atoms with Gasteiger partial charge < -0.3 is 14.4 Å². The van der Waals surface area contributed by atoms with Crippen LogP contribution < -0.4 is 4.90 Å². The van der Waals surface area contributed by atoms with E-state index >= 15 is 0 Å². The Hall–Kier alpha value is -2.42. The van der Waals surface area contributed by atoms with Crippen LogP contribution in [0.4, 0.5) is 5.82 Å². The number of anilines is 1. The third-order valence-electron chi connectivity index (χ3n) is 3.40. The maximum absolute atomic E-state index is 11.6. The SMILES string of the molecule is N#Cc1cc2c(nc1N1CC(C=O)C1)CCOC2=O. The summed E-state index contributed by atoms with van der Waals surface area (Å²) in [7, 11) is 0. The lowest BCUT2D eigenvalue weighted by atomic mass is 10.00. The maximum atomic E-state index is 11.6. The third-order valence-corrected chi connectivity index (χ3v) is 3.40. The molecule has 0 bridgehead atoms. The van der Waals surface area contributed by atoms with Crippen LogP contribution in [0.25, 0.3) is 0 Å². The van der Waals surface area contributed by atoms with E-state index in [0.29, 0.717) is 48.8 Å². The van der Waals surface area contributed by atoms with E-state index in [1.807, 2.05) is 11.0 Å². The van der Waals surface area contributed by atoms with Gasteiger partial charge in [-0.05, 0) is 6.07 Å². The van der Waals surface area contributed by atoms with E-state index in [-0.39, 0.29) is 5.92 Å². The molecule has 0 aliphatic carbocycles. The number of hydrogen-bond donors (Lipinski definition) is 0. The molecule has 0 amide bonds. The van der Waals surface area contributed by atoms with Crippen LogP contribution in [0.3, 0.4) is 0 Å². The lowest BCUT2D eigenvalue weighted by Gasteiger charge is -2.38. The lowest BCUT2D eigenvalue weighted by Crippen LogP contribution is -2.48. The van der Waals surface area contributed by atoms with Crippen molar-refractivity contribution in [2.75, 3.05) is 24.6 Å². The minimum atomic E-state index is -0.425. The normalized spacial score (nSPS) is 18.1. The third kappa shape index (κ3) is 1.83. The van der Waals surface area contributed by atoms with E-state index < -0.39 is 5.97 Å². The molecular weight excluding hydrogens is 246 g/mol. The van der Waals surface area contributed by atoms with Crippen molar-refractivity contribution in [3.63, 3.8) is 0 Å². The minimum Gasteiger partial charge on any atom is -0.462 e. The van der Waals surface area contributed by atoms with Crippen molar-refractivity contribution in [2.45, 2.75) is 6.42 Å². The second-order valence-corrected chi connectivity index (χ2v) is 4.65. The molecule has 0 unspecified atom stereocenters. The highest BCUT2D eigenvalue weighted by Crippen LogP contribution is 2.28. The molecule has 1 aromatic heterocycles. The van der Waals surface area contributed by atoms with Gasteiger partial charge in [-0.25, -0.2) is 9.78 Å². The Bertz CT molecular complexity index is 600. The molecule has 2 aliphatic heterocycles. The number of carbonyl (C=O) groups is 2. The van der Waals surface area contributed by atoms with Gasteiger partial charge in [0.2, 0.25) is 0 Å². The number of hydrogen-bond acceptors (Lipinski definition) is 6. The van der Waals surface area contributed by atoms with Gasteiger partial charge in [0.1, 0.15) is 18.2 Å². The number of nitrogens with zero attached hydrogens (tertiary/aromatic N) is 3. The van der Waals surface area contributed by atoms with E-state index in [1.165, 1.54) is 6.07 Å². The summed E-state index contributed by atoms with van der Waals surface area (Å²) in [5, 5.41) is 9.16. The molecule has 3 heterocycles. The predicted octanol–water partition coefficient (Wildman–Crippen LogP) is 0.301. The highest BCUT2D eigenvalue weighted by molar-refractivity contribution is 5.92. The molecule has 19 heavy (non-hydrogen) atoms. The first-order valence-corrected chi connectivity index (χ1v) is 6.04. The molecule has 0 spiro atoms. The summed E-state index contributed by atoms with van der Waals surface area (Å²) >= 11 is 0. The summed E-state index contributed by atoms with van der Waals surface area (Å²) in [4.78, 5) is 28.5. The fraction of sp³-hybridized carbons (Fsp3) is 0.385. The largest absolute Gasteiger partial charge is 0.462 e. The van der Waals surface area contributed by atoms with Gasteiger partial charge in [0.15, 0.2) is 0 Å². The van der Waals surface area contributed by atoms with Crippen molar-refractivity contribution >= 4 is 18.1 Å². The van der Waals surface area contributed by atoms with Crippen molar-refractivity contribution in [1.82, 2.24) is 4.98 Å². The number of aromatic nitrogens is 1. The first-order chi connectivity index (χ1) is 9.22. The van der Waals surface area contributed by atoms with Gasteiger partial charge in [0.05, 0.1) is 23.4 Å². The fourth-order valence-corrected chi connectivity index (χ4v) is 2.32. The molecule has 0 radical (unpaired) electrons. The zero-order chi connectivity index (χ0) is 13.4. The number of aldehydes is 1. The Labute approximate surface area is 109 Å². The molecular formula is C13H11N3O3. The predicted molar refractivity (Wildman–Crippen MR) is 64.7 cm³/mol. The fourth-order valence-electron chi connectivity index (χ4n) is 2.32. The van der Waals surface area contributed by atoms with E-state index in [9.17, 15) is 9.59 Å². The summed E-state index contributed by atoms with van der Waals surface area (Å²) < 4.78 is 4.93. The van der Waals surface area contributed by atoms with Crippen LogP contribution in [0, 0.1) is 17.2 Å². The Morgan fingerprint density at radius 1 is 1.53 bits per heavy atom. The van der Waals surface area contributed by atoms with Crippen molar-refractivity contribution in [2.24, 2.45) is 5.92 Å². The van der Waals surface area contributed by atoms with Crippen LogP contribution in [-0.2, 0) is 16.0 Å². The standard InChI is InChI=1S/C13H11N3O3/c14-4-9-3-10-11(1-2-19-13(10)18)15-12(9)16-5-8(6-16)7-17/h3,7-8H,1-2,5-6H2. The van der Waals surface area contributed by atoms with Crippen LogP contribution in [0.5, 0.6) is 0 Å². The summed E-state index contributed by atoms with van der Waals surface area (Å²) in [5.41, 5.74) is 1.39. The van der Waals surface area contributed by atoms with Crippen LogP contribution in [-0.4, -0.2) is 36.9 Å². The monoisotopic (exact) mass is 257 g/mol. The van der Waals surface area contributed by atoms with Crippen molar-refractivity contribution in [3.05, 3.63) is 22.9 Å². The average Bonchev–Trinajstić information content (AvgIpc) is 2.37. The quantitative estimate of drug-likeness (QED) is 0.559. The maximum Gasteiger partial charge on any atom is 0.340 e. The summed E-state index contributed by atoms with van der Waals surface area (Å²) in [6.45, 7) is 1.48. The van der Waals surface area contributed by atoms with E-state index in [1.54, 1.807) is 0 Å². The molecule has 96 valence electrons. The first-order valence-electron chi connectivity index (χ1n) is 6.04. The zero-order valence-corrected chi connectivity index (χ0v) is 10.1. The summed E-state index contributed by atoms with van der Waals surface area (Å²) in [6, 6.07) is 3.58. The number of cyclic esters (lactones) is 1. The van der Waals surface area contributed by atoms with Crippen LogP contribution in [0.15, 0.2) is 6.07 Å². The van der Waals surface area contributed by atoms with Gasteiger partial charge in [-0.3, -0.25) is 0 Å². The molecule has 3 rings (SSSR count). The molecule has 0 saturated carbocycles. The highest BCUT2D eigenvalue weighted by Gasteiger charge is 2.31. The van der Waals surface area contributed by atoms with Crippen molar-refractivity contribution < 1.29 is 14.3 Å². The van der Waals surface area contributed by atoms with Gasteiger partial charge in [-0.15, -0.1) is 0 Å². The van der Waals surface area contributed by atoms with Gasteiger partial charge in [0, 0.05) is 25.4 Å². The van der Waals surface area contributed by atoms with Crippen LogP contribution >= 0.6 is 0 Å². The molecule has 0 atom stereocenters. The topological polar surface area (TPSA) is 83.3 Å². The van der Waals surface area contributed by atoms with Crippen molar-refractivity contribution in [3.8, 4) is 6.07 Å². The number of nitriles is 1. The van der Waals surface area contributed by atoms with Crippen LogP contribution in [0.2, 0.25) is 0 Å². The molecule has 2 aliphatic rings. The molecule has 0 N–H and O–H groups in total. The molecule has 6 heteroatoms. The van der Waals surface area contributed by atoms with Gasteiger partial charge in [0.25, 0.3) is 0 Å². The smallest absolute Gasteiger partial charge is 0.340 e. The highest BCUT2D eigenvalue weighted by atomic mass is 16.5. The van der Waals surface area contributed by atoms with E-state index in [2.05, 4.69) is 4.98 Å². The molecule has 0 aromatic carbocycles. The zero-order valence-electron chi connectivity index (χ0n) is 10.1. The minimum absolute atomic E-state index is 0.00865.